The molecule has 0 bridgehead atoms. The van der Waals surface area contributed by atoms with Gasteiger partial charge in [0.2, 0.25) is 15.9 Å². The van der Waals surface area contributed by atoms with E-state index in [1.54, 1.807) is 12.1 Å². The molecule has 0 radical (unpaired) electrons. The third-order valence-corrected chi connectivity index (χ3v) is 7.54. The first-order valence-electron chi connectivity index (χ1n) is 9.96. The lowest BCUT2D eigenvalue weighted by Gasteiger charge is -2.31. The normalized spacial score (nSPS) is 17.0. The second-order valence-corrected chi connectivity index (χ2v) is 9.94. The third-order valence-electron chi connectivity index (χ3n) is 5.37. The van der Waals surface area contributed by atoms with Crippen molar-refractivity contribution in [3.8, 4) is 0 Å². The summed E-state index contributed by atoms with van der Waals surface area (Å²) in [6.07, 6.45) is 2.85. The van der Waals surface area contributed by atoms with Crippen LogP contribution in [0, 0.1) is 5.92 Å². The Labute approximate surface area is 178 Å². The zero-order valence-electron chi connectivity index (χ0n) is 16.6. The summed E-state index contributed by atoms with van der Waals surface area (Å²) in [5, 5.41) is 3.59. The number of carbonyl (C=O) groups excluding carboxylic acids is 1. The highest BCUT2D eigenvalue weighted by Crippen LogP contribution is 2.25. The van der Waals surface area contributed by atoms with E-state index in [2.05, 4.69) is 17.4 Å². The van der Waals surface area contributed by atoms with E-state index < -0.39 is 10.0 Å². The first-order chi connectivity index (χ1) is 13.9. The van der Waals surface area contributed by atoms with Gasteiger partial charge in [0.25, 0.3) is 0 Å². The van der Waals surface area contributed by atoms with Crippen LogP contribution in [0.25, 0.3) is 0 Å². The highest BCUT2D eigenvalue weighted by molar-refractivity contribution is 7.89. The van der Waals surface area contributed by atoms with Crippen molar-refractivity contribution in [2.45, 2.75) is 43.5 Å². The maximum absolute atomic E-state index is 12.8. The Balaban J connectivity index is 1.48. The monoisotopic (exact) mass is 434 g/mol. The minimum Gasteiger partial charge on any atom is -0.353 e. The molecule has 1 N–H and O–H groups in total. The van der Waals surface area contributed by atoms with Gasteiger partial charge in [-0.25, -0.2) is 8.42 Å². The molecule has 1 heterocycles. The summed E-state index contributed by atoms with van der Waals surface area (Å²) < 4.78 is 27.0. The van der Waals surface area contributed by atoms with E-state index in [0.717, 1.165) is 12.8 Å². The van der Waals surface area contributed by atoms with Gasteiger partial charge in [-0.05, 0) is 62.4 Å². The lowest BCUT2D eigenvalue weighted by molar-refractivity contribution is -0.126. The minimum atomic E-state index is -3.55. The van der Waals surface area contributed by atoms with E-state index in [4.69, 9.17) is 11.6 Å². The zero-order valence-corrected chi connectivity index (χ0v) is 18.1. The van der Waals surface area contributed by atoms with E-state index in [9.17, 15) is 13.2 Å². The standard InChI is InChI=1S/C22H27ClN2O3S/c1-17(7-8-18-5-3-2-4-6-18)24-22(26)19-13-15-25(16-14-19)29(27,28)21-11-9-20(23)10-12-21/h2-6,9-12,17,19H,7-8,13-16H2,1H3,(H,24,26)/t17-/m1/s1. The summed E-state index contributed by atoms with van der Waals surface area (Å²) in [5.74, 6) is -0.125. The summed E-state index contributed by atoms with van der Waals surface area (Å²) in [4.78, 5) is 12.8. The Kier molecular flexibility index (Phi) is 7.33. The zero-order chi connectivity index (χ0) is 20.9. The molecule has 156 valence electrons. The van der Waals surface area contributed by atoms with Crippen LogP contribution in [0.2, 0.25) is 5.02 Å². The molecule has 0 aliphatic carbocycles. The number of benzene rings is 2. The molecule has 0 unspecified atom stereocenters. The van der Waals surface area contributed by atoms with Crippen LogP contribution in [-0.4, -0.2) is 37.8 Å². The van der Waals surface area contributed by atoms with Gasteiger partial charge < -0.3 is 5.32 Å². The molecular formula is C22H27ClN2O3S. The number of halogens is 1. The Morgan fingerprint density at radius 1 is 1.10 bits per heavy atom. The fourth-order valence-electron chi connectivity index (χ4n) is 3.57. The van der Waals surface area contributed by atoms with Gasteiger partial charge in [-0.1, -0.05) is 41.9 Å². The van der Waals surface area contributed by atoms with Crippen molar-refractivity contribution in [2.75, 3.05) is 13.1 Å². The van der Waals surface area contributed by atoms with Crippen molar-refractivity contribution in [2.24, 2.45) is 5.92 Å². The molecule has 1 amide bonds. The van der Waals surface area contributed by atoms with Gasteiger partial charge in [0.05, 0.1) is 4.90 Å². The van der Waals surface area contributed by atoms with Crippen molar-refractivity contribution in [1.29, 1.82) is 0 Å². The minimum absolute atomic E-state index is 0.0223. The van der Waals surface area contributed by atoms with Crippen molar-refractivity contribution < 1.29 is 13.2 Å². The van der Waals surface area contributed by atoms with Crippen LogP contribution in [0.3, 0.4) is 0 Å². The molecule has 3 rings (SSSR count). The number of hydrogen-bond donors (Lipinski definition) is 1. The number of nitrogens with zero attached hydrogens (tertiary/aromatic N) is 1. The first-order valence-corrected chi connectivity index (χ1v) is 11.8. The lowest BCUT2D eigenvalue weighted by Crippen LogP contribution is -2.44. The molecule has 0 aromatic heterocycles. The first kappa shape index (κ1) is 21.8. The van der Waals surface area contributed by atoms with Crippen molar-refractivity contribution in [3.63, 3.8) is 0 Å². The van der Waals surface area contributed by atoms with Crippen LogP contribution >= 0.6 is 11.6 Å². The molecule has 5 nitrogen and oxygen atoms in total. The van der Waals surface area contributed by atoms with Crippen molar-refractivity contribution >= 4 is 27.5 Å². The van der Waals surface area contributed by atoms with Crippen LogP contribution in [0.1, 0.15) is 31.7 Å². The number of piperidine rings is 1. The maximum Gasteiger partial charge on any atom is 0.243 e. The topological polar surface area (TPSA) is 66.5 Å². The Morgan fingerprint density at radius 3 is 2.34 bits per heavy atom. The molecule has 7 heteroatoms. The van der Waals surface area contributed by atoms with Gasteiger partial charge in [-0.15, -0.1) is 0 Å². The van der Waals surface area contributed by atoms with Crippen molar-refractivity contribution in [3.05, 3.63) is 65.2 Å². The molecule has 1 atom stereocenters. The summed E-state index contributed by atoms with van der Waals surface area (Å²) in [7, 11) is -3.55. The number of carbonyl (C=O) groups is 1. The third kappa shape index (κ3) is 5.81. The Bertz CT molecular complexity index is 909. The molecule has 1 saturated heterocycles. The SMILES string of the molecule is C[C@H](CCc1ccccc1)NC(=O)C1CCN(S(=O)(=O)c2ccc(Cl)cc2)CC1. The van der Waals surface area contributed by atoms with Gasteiger partial charge in [-0.2, -0.15) is 4.31 Å². The molecule has 29 heavy (non-hydrogen) atoms. The predicted molar refractivity (Wildman–Crippen MR) is 115 cm³/mol. The highest BCUT2D eigenvalue weighted by atomic mass is 35.5. The smallest absolute Gasteiger partial charge is 0.243 e. The second kappa shape index (κ2) is 9.74. The van der Waals surface area contributed by atoms with E-state index in [0.29, 0.717) is 31.0 Å². The largest absolute Gasteiger partial charge is 0.353 e. The fourth-order valence-corrected chi connectivity index (χ4v) is 5.17. The average Bonchev–Trinajstić information content (AvgIpc) is 2.73. The lowest BCUT2D eigenvalue weighted by atomic mass is 9.96. The van der Waals surface area contributed by atoms with E-state index in [-0.39, 0.29) is 22.8 Å². The average molecular weight is 435 g/mol. The predicted octanol–water partition coefficient (Wildman–Crippen LogP) is 3.88. The van der Waals surface area contributed by atoms with Crippen LogP contribution in [0.5, 0.6) is 0 Å². The quantitative estimate of drug-likeness (QED) is 0.719. The molecule has 0 saturated carbocycles. The van der Waals surface area contributed by atoms with Crippen molar-refractivity contribution in [1.82, 2.24) is 9.62 Å². The number of nitrogens with one attached hydrogen (secondary N) is 1. The molecule has 1 fully saturated rings. The van der Waals surface area contributed by atoms with Gasteiger partial charge in [0.1, 0.15) is 0 Å². The number of amides is 1. The second-order valence-electron chi connectivity index (χ2n) is 7.57. The maximum atomic E-state index is 12.8. The molecule has 2 aromatic rings. The molecular weight excluding hydrogens is 408 g/mol. The summed E-state index contributed by atoms with van der Waals surface area (Å²) >= 11 is 5.85. The Hall–Kier alpha value is -1.89. The van der Waals surface area contributed by atoms with Crippen LogP contribution in [0.4, 0.5) is 0 Å². The molecule has 1 aliphatic rings. The van der Waals surface area contributed by atoms with E-state index in [1.165, 1.54) is 22.0 Å². The number of sulfonamides is 1. The molecule has 0 spiro atoms. The fraction of sp³-hybridized carbons (Fsp3) is 0.409. The van der Waals surface area contributed by atoms with Gasteiger partial charge in [-0.3, -0.25) is 4.79 Å². The van der Waals surface area contributed by atoms with Gasteiger partial charge in [0.15, 0.2) is 0 Å². The van der Waals surface area contributed by atoms with E-state index >= 15 is 0 Å². The van der Waals surface area contributed by atoms with Gasteiger partial charge in [0, 0.05) is 30.1 Å². The summed E-state index contributed by atoms with van der Waals surface area (Å²) in [6, 6.07) is 16.5. The summed E-state index contributed by atoms with van der Waals surface area (Å²) in [6.45, 7) is 2.71. The molecule has 1 aliphatic heterocycles. The Morgan fingerprint density at radius 2 is 1.72 bits per heavy atom. The van der Waals surface area contributed by atoms with Gasteiger partial charge >= 0.3 is 0 Å². The van der Waals surface area contributed by atoms with Crippen LogP contribution < -0.4 is 5.32 Å². The van der Waals surface area contributed by atoms with Crippen LogP contribution in [0.15, 0.2) is 59.5 Å². The van der Waals surface area contributed by atoms with Crippen LogP contribution in [-0.2, 0) is 21.2 Å². The highest BCUT2D eigenvalue weighted by Gasteiger charge is 2.32. The number of aryl methyl sites for hydroxylation is 1. The number of hydrogen-bond acceptors (Lipinski definition) is 3. The summed E-state index contributed by atoms with van der Waals surface area (Å²) in [5.41, 5.74) is 1.26. The number of rotatable bonds is 7. The van der Waals surface area contributed by atoms with E-state index in [1.807, 2.05) is 25.1 Å². The molecule has 2 aromatic carbocycles.